The molecule has 1 aliphatic heterocycles. The van der Waals surface area contributed by atoms with Crippen LogP contribution < -0.4 is 24.0 Å². The number of hydrogen-bond acceptors (Lipinski definition) is 0. The van der Waals surface area contributed by atoms with Gasteiger partial charge in [-0.15, -0.1) is 0 Å². The summed E-state index contributed by atoms with van der Waals surface area (Å²) in [5.74, 6) is 1.03. The van der Waals surface area contributed by atoms with Crippen LogP contribution in [0.1, 0.15) is 58.3 Å². The van der Waals surface area contributed by atoms with Crippen LogP contribution in [0.5, 0.6) is 0 Å². The molecule has 0 N–H and O–H groups in total. The molecule has 1 heterocycles. The number of piperidine rings is 1. The Kier molecular flexibility index (Phi) is 6.06. The van der Waals surface area contributed by atoms with Crippen LogP contribution in [-0.4, -0.2) is 30.7 Å². The van der Waals surface area contributed by atoms with Gasteiger partial charge in [0.05, 0.1) is 26.2 Å². The molecule has 96 valence electrons. The molecule has 1 saturated carbocycles. The summed E-state index contributed by atoms with van der Waals surface area (Å²) in [6.07, 6.45) is 11.9. The molecule has 0 bridgehead atoms. The van der Waals surface area contributed by atoms with Crippen molar-refractivity contribution in [3.63, 3.8) is 0 Å². The molecule has 0 spiro atoms. The molecular formula is C14H28IN. The van der Waals surface area contributed by atoms with E-state index in [9.17, 15) is 0 Å². The highest BCUT2D eigenvalue weighted by atomic mass is 127. The normalized spacial score (nSPS) is 28.1. The molecule has 2 fully saturated rings. The Morgan fingerprint density at radius 2 is 1.38 bits per heavy atom. The van der Waals surface area contributed by atoms with Crippen molar-refractivity contribution in [2.45, 2.75) is 64.3 Å². The van der Waals surface area contributed by atoms with E-state index in [1.54, 1.807) is 0 Å². The van der Waals surface area contributed by atoms with Crippen molar-refractivity contribution in [2.75, 3.05) is 20.1 Å². The first-order chi connectivity index (χ1) is 7.22. The molecule has 0 aromatic rings. The van der Waals surface area contributed by atoms with Gasteiger partial charge in [-0.25, -0.2) is 0 Å². The van der Waals surface area contributed by atoms with Gasteiger partial charge < -0.3 is 28.5 Å². The van der Waals surface area contributed by atoms with Crippen LogP contribution in [-0.2, 0) is 0 Å². The lowest BCUT2D eigenvalue weighted by Crippen LogP contribution is -3.00. The first-order valence-corrected chi connectivity index (χ1v) is 7.07. The number of nitrogens with zero attached hydrogens (tertiary/aromatic N) is 1. The van der Waals surface area contributed by atoms with Gasteiger partial charge in [-0.1, -0.05) is 19.3 Å². The predicted molar refractivity (Wildman–Crippen MR) is 65.8 cm³/mol. The van der Waals surface area contributed by atoms with Gasteiger partial charge in [-0.2, -0.15) is 0 Å². The Balaban J connectivity index is 0.00000128. The summed E-state index contributed by atoms with van der Waals surface area (Å²) >= 11 is 0. The van der Waals surface area contributed by atoms with Crippen molar-refractivity contribution < 1.29 is 28.5 Å². The molecular weight excluding hydrogens is 309 g/mol. The third kappa shape index (κ3) is 3.34. The second-order valence-electron chi connectivity index (χ2n) is 6.13. The standard InChI is InChI=1S/C14H28N.HI/c1-13(14-9-5-3-6-10-14)15(2)11-7-4-8-12-15;/h13-14H,3-12H2,1-2H3;1H/q+1;/p-1. The van der Waals surface area contributed by atoms with E-state index in [1.807, 2.05) is 0 Å². The Labute approximate surface area is 119 Å². The van der Waals surface area contributed by atoms with Gasteiger partial charge >= 0.3 is 0 Å². The summed E-state index contributed by atoms with van der Waals surface area (Å²) in [7, 11) is 2.51. The summed E-state index contributed by atoms with van der Waals surface area (Å²) in [6, 6.07) is 0.922. The minimum atomic E-state index is 0. The molecule has 0 amide bonds. The number of hydrogen-bond donors (Lipinski definition) is 0. The van der Waals surface area contributed by atoms with E-state index in [2.05, 4.69) is 14.0 Å². The zero-order valence-electron chi connectivity index (χ0n) is 11.1. The number of likely N-dealkylation sites (tertiary alicyclic amines) is 1. The Morgan fingerprint density at radius 3 is 1.94 bits per heavy atom. The molecule has 1 saturated heterocycles. The molecule has 0 radical (unpaired) electrons. The Morgan fingerprint density at radius 1 is 0.875 bits per heavy atom. The number of rotatable bonds is 2. The topological polar surface area (TPSA) is 0 Å². The minimum absolute atomic E-state index is 0. The fraction of sp³-hybridized carbons (Fsp3) is 1.00. The second-order valence-corrected chi connectivity index (χ2v) is 6.13. The molecule has 1 unspecified atom stereocenters. The van der Waals surface area contributed by atoms with Gasteiger partial charge in [0.1, 0.15) is 0 Å². The summed E-state index contributed by atoms with van der Waals surface area (Å²) in [5, 5.41) is 0. The third-order valence-electron chi connectivity index (χ3n) is 5.15. The van der Waals surface area contributed by atoms with Gasteiger partial charge in [0, 0.05) is 5.92 Å². The van der Waals surface area contributed by atoms with Crippen LogP contribution >= 0.6 is 0 Å². The number of quaternary nitrogens is 1. The van der Waals surface area contributed by atoms with Crippen molar-refractivity contribution in [3.8, 4) is 0 Å². The Bertz CT molecular complexity index is 193. The fourth-order valence-electron chi connectivity index (χ4n) is 3.77. The molecule has 1 aliphatic carbocycles. The average Bonchev–Trinajstić information content (AvgIpc) is 2.30. The fourth-order valence-corrected chi connectivity index (χ4v) is 3.77. The third-order valence-corrected chi connectivity index (χ3v) is 5.15. The van der Waals surface area contributed by atoms with Gasteiger partial charge in [-0.05, 0) is 39.0 Å². The van der Waals surface area contributed by atoms with E-state index in [0.29, 0.717) is 0 Å². The highest BCUT2D eigenvalue weighted by molar-refractivity contribution is 4.73. The molecule has 2 heteroatoms. The smallest absolute Gasteiger partial charge is 0.0888 e. The molecule has 2 rings (SSSR count). The molecule has 16 heavy (non-hydrogen) atoms. The summed E-state index contributed by atoms with van der Waals surface area (Å²) in [4.78, 5) is 0. The molecule has 1 nitrogen and oxygen atoms in total. The van der Waals surface area contributed by atoms with Crippen molar-refractivity contribution in [3.05, 3.63) is 0 Å². The highest BCUT2D eigenvalue weighted by Gasteiger charge is 2.36. The maximum absolute atomic E-state index is 2.53. The van der Waals surface area contributed by atoms with Crippen LogP contribution in [0.2, 0.25) is 0 Å². The lowest BCUT2D eigenvalue weighted by molar-refractivity contribution is -0.939. The van der Waals surface area contributed by atoms with E-state index >= 15 is 0 Å². The summed E-state index contributed by atoms with van der Waals surface area (Å²) in [5.41, 5.74) is 0. The van der Waals surface area contributed by atoms with E-state index in [-0.39, 0.29) is 24.0 Å². The summed E-state index contributed by atoms with van der Waals surface area (Å²) in [6.45, 7) is 5.41. The molecule has 1 atom stereocenters. The lowest BCUT2D eigenvalue weighted by atomic mass is 9.82. The first kappa shape index (κ1) is 14.7. The van der Waals surface area contributed by atoms with E-state index in [4.69, 9.17) is 0 Å². The lowest BCUT2D eigenvalue weighted by Gasteiger charge is -2.46. The van der Waals surface area contributed by atoms with Gasteiger partial charge in [0.25, 0.3) is 0 Å². The van der Waals surface area contributed by atoms with Crippen LogP contribution in [0, 0.1) is 5.92 Å². The van der Waals surface area contributed by atoms with Crippen LogP contribution in [0.4, 0.5) is 0 Å². The maximum Gasteiger partial charge on any atom is 0.0888 e. The van der Waals surface area contributed by atoms with E-state index in [0.717, 1.165) is 12.0 Å². The quantitative estimate of drug-likeness (QED) is 0.511. The maximum atomic E-state index is 2.53. The highest BCUT2D eigenvalue weighted by Crippen LogP contribution is 2.33. The molecule has 2 aliphatic rings. The molecule has 0 aromatic heterocycles. The van der Waals surface area contributed by atoms with Crippen molar-refractivity contribution in [1.82, 2.24) is 0 Å². The van der Waals surface area contributed by atoms with Crippen LogP contribution in [0.25, 0.3) is 0 Å². The number of halogens is 1. The predicted octanol–water partition coefficient (Wildman–Crippen LogP) is 0.590. The van der Waals surface area contributed by atoms with E-state index in [1.165, 1.54) is 68.9 Å². The van der Waals surface area contributed by atoms with Crippen LogP contribution in [0.3, 0.4) is 0 Å². The van der Waals surface area contributed by atoms with E-state index < -0.39 is 0 Å². The largest absolute Gasteiger partial charge is 1.00 e. The SMILES string of the molecule is CC(C1CCCCC1)[N+]1(C)CCCCC1.[I-]. The van der Waals surface area contributed by atoms with Crippen molar-refractivity contribution in [1.29, 1.82) is 0 Å². The van der Waals surface area contributed by atoms with Crippen LogP contribution in [0.15, 0.2) is 0 Å². The zero-order valence-corrected chi connectivity index (χ0v) is 13.2. The Hall–Kier alpha value is 0.690. The van der Waals surface area contributed by atoms with Crippen molar-refractivity contribution >= 4 is 0 Å². The zero-order chi connectivity index (χ0) is 10.7. The summed E-state index contributed by atoms with van der Waals surface area (Å²) < 4.78 is 1.38. The van der Waals surface area contributed by atoms with Crippen molar-refractivity contribution in [2.24, 2.45) is 5.92 Å². The minimum Gasteiger partial charge on any atom is -1.00 e. The average molecular weight is 337 g/mol. The van der Waals surface area contributed by atoms with Gasteiger partial charge in [-0.3, -0.25) is 0 Å². The monoisotopic (exact) mass is 337 g/mol. The first-order valence-electron chi connectivity index (χ1n) is 7.07. The van der Waals surface area contributed by atoms with Gasteiger partial charge in [0.2, 0.25) is 0 Å². The van der Waals surface area contributed by atoms with Gasteiger partial charge in [0.15, 0.2) is 0 Å². The molecule has 0 aromatic carbocycles. The second kappa shape index (κ2) is 6.58.